The van der Waals surface area contributed by atoms with Crippen LogP contribution in [-0.4, -0.2) is 98.2 Å². The highest BCUT2D eigenvalue weighted by molar-refractivity contribution is 5.85. The Bertz CT molecular complexity index is 669. The minimum atomic E-state index is -0.442. The van der Waals surface area contributed by atoms with Gasteiger partial charge in [0, 0.05) is 59.3 Å². The number of carbonyl (C=O) groups is 1. The van der Waals surface area contributed by atoms with Crippen molar-refractivity contribution in [3.05, 3.63) is 18.2 Å². The average molecular weight is 393 g/mol. The first-order chi connectivity index (χ1) is 13.5. The Kier molecular flexibility index (Phi) is 6.96. The predicted molar refractivity (Wildman–Crippen MR) is 104 cm³/mol. The minimum Gasteiger partial charge on any atom is -0.381 e. The zero-order valence-electron chi connectivity index (χ0n) is 16.5. The highest BCUT2D eigenvalue weighted by Gasteiger charge is 2.23. The third-order valence-corrected chi connectivity index (χ3v) is 4.90. The lowest BCUT2D eigenvalue weighted by molar-refractivity contribution is -0.127. The summed E-state index contributed by atoms with van der Waals surface area (Å²) < 4.78 is 18.5. The van der Waals surface area contributed by atoms with Gasteiger partial charge in [-0.2, -0.15) is 0 Å². The van der Waals surface area contributed by atoms with Gasteiger partial charge in [0.2, 0.25) is 11.9 Å². The molecule has 2 fully saturated rings. The number of aliphatic imine (C=N–C) groups is 1. The number of rotatable bonds is 5. The van der Waals surface area contributed by atoms with Crippen LogP contribution in [0.4, 0.5) is 10.3 Å². The van der Waals surface area contributed by atoms with Crippen LogP contribution in [0.2, 0.25) is 0 Å². The van der Waals surface area contributed by atoms with Crippen molar-refractivity contribution in [3.63, 3.8) is 0 Å². The number of piperazine rings is 1. The Morgan fingerprint density at radius 3 is 2.64 bits per heavy atom. The molecule has 0 radical (unpaired) electrons. The maximum absolute atomic E-state index is 13.0. The monoisotopic (exact) mass is 393 g/mol. The van der Waals surface area contributed by atoms with E-state index in [2.05, 4.69) is 25.2 Å². The van der Waals surface area contributed by atoms with E-state index in [4.69, 9.17) is 4.74 Å². The van der Waals surface area contributed by atoms with Crippen LogP contribution in [0.5, 0.6) is 0 Å². The standard InChI is InChI=1S/C18H28FN7O2/c1-24(2)16(27)12-23-17(20-9-14-3-8-28-13-14)25-4-6-26(7-5-25)18-21-10-15(19)11-22-18/h10-11,14H,3-9,12-13H2,1-2H3,(H,20,23). The number of carbonyl (C=O) groups excluding carboxylic acids is 1. The smallest absolute Gasteiger partial charge is 0.243 e. The Morgan fingerprint density at radius 1 is 1.32 bits per heavy atom. The fourth-order valence-electron chi connectivity index (χ4n) is 3.12. The largest absolute Gasteiger partial charge is 0.381 e. The van der Waals surface area contributed by atoms with Gasteiger partial charge in [0.05, 0.1) is 19.0 Å². The molecule has 10 heteroatoms. The fourth-order valence-corrected chi connectivity index (χ4v) is 3.12. The quantitative estimate of drug-likeness (QED) is 0.548. The second-order valence-corrected chi connectivity index (χ2v) is 7.21. The van der Waals surface area contributed by atoms with Gasteiger partial charge in [-0.15, -0.1) is 0 Å². The highest BCUT2D eigenvalue weighted by Crippen LogP contribution is 2.13. The molecular formula is C18H28FN7O2. The van der Waals surface area contributed by atoms with Gasteiger partial charge in [0.15, 0.2) is 11.8 Å². The summed E-state index contributed by atoms with van der Waals surface area (Å²) in [6, 6.07) is 0. The molecule has 2 aliphatic rings. The summed E-state index contributed by atoms with van der Waals surface area (Å²) in [6.45, 7) is 5.25. The molecule has 1 unspecified atom stereocenters. The first kappa shape index (κ1) is 20.2. The number of halogens is 1. The summed E-state index contributed by atoms with van der Waals surface area (Å²) in [5, 5.41) is 3.41. The molecular weight excluding hydrogens is 365 g/mol. The van der Waals surface area contributed by atoms with Gasteiger partial charge in [-0.1, -0.05) is 0 Å². The van der Waals surface area contributed by atoms with E-state index in [1.165, 1.54) is 17.3 Å². The molecule has 1 aromatic heterocycles. The van der Waals surface area contributed by atoms with Gasteiger partial charge in [0.1, 0.15) is 6.54 Å². The van der Waals surface area contributed by atoms with Crippen LogP contribution < -0.4 is 10.2 Å². The van der Waals surface area contributed by atoms with E-state index in [1.807, 2.05) is 4.90 Å². The first-order valence-electron chi connectivity index (χ1n) is 9.56. The maximum atomic E-state index is 13.0. The Hall–Kier alpha value is -2.49. The zero-order chi connectivity index (χ0) is 19.9. The Balaban J connectivity index is 1.59. The molecule has 0 bridgehead atoms. The molecule has 1 N–H and O–H groups in total. The van der Waals surface area contributed by atoms with Gasteiger partial charge in [-0.05, 0) is 6.42 Å². The number of hydrogen-bond acceptors (Lipinski definition) is 6. The van der Waals surface area contributed by atoms with Crippen molar-refractivity contribution in [2.45, 2.75) is 6.42 Å². The molecule has 9 nitrogen and oxygen atoms in total. The molecule has 3 heterocycles. The first-order valence-corrected chi connectivity index (χ1v) is 9.56. The lowest BCUT2D eigenvalue weighted by atomic mass is 10.1. The average Bonchev–Trinajstić information content (AvgIpc) is 3.22. The number of anilines is 1. The summed E-state index contributed by atoms with van der Waals surface area (Å²) in [7, 11) is 3.45. The molecule has 28 heavy (non-hydrogen) atoms. The van der Waals surface area contributed by atoms with E-state index in [-0.39, 0.29) is 12.5 Å². The summed E-state index contributed by atoms with van der Waals surface area (Å²) >= 11 is 0. The van der Waals surface area contributed by atoms with Gasteiger partial charge in [-0.3, -0.25) is 4.79 Å². The second-order valence-electron chi connectivity index (χ2n) is 7.21. The van der Waals surface area contributed by atoms with E-state index < -0.39 is 5.82 Å². The zero-order valence-corrected chi connectivity index (χ0v) is 16.5. The van der Waals surface area contributed by atoms with E-state index in [1.54, 1.807) is 14.1 Å². The fraction of sp³-hybridized carbons (Fsp3) is 0.667. The van der Waals surface area contributed by atoms with Crippen molar-refractivity contribution in [1.29, 1.82) is 0 Å². The topological polar surface area (TPSA) is 86.2 Å². The predicted octanol–water partition coefficient (Wildman–Crippen LogP) is -0.192. The summed E-state index contributed by atoms with van der Waals surface area (Å²) in [6.07, 6.45) is 3.39. The van der Waals surface area contributed by atoms with Gasteiger partial charge >= 0.3 is 0 Å². The lowest BCUT2D eigenvalue weighted by Gasteiger charge is -2.36. The van der Waals surface area contributed by atoms with Crippen LogP contribution in [0, 0.1) is 11.7 Å². The Morgan fingerprint density at radius 2 is 2.04 bits per heavy atom. The third-order valence-electron chi connectivity index (χ3n) is 4.90. The van der Waals surface area contributed by atoms with Crippen molar-refractivity contribution in [1.82, 2.24) is 25.1 Å². The van der Waals surface area contributed by atoms with Crippen LogP contribution in [0.25, 0.3) is 0 Å². The molecule has 0 aromatic carbocycles. The molecule has 2 aliphatic heterocycles. The van der Waals surface area contributed by atoms with E-state index in [0.29, 0.717) is 38.0 Å². The second kappa shape index (κ2) is 9.63. The number of guanidine groups is 1. The highest BCUT2D eigenvalue weighted by atomic mass is 19.1. The molecule has 0 aliphatic carbocycles. The number of likely N-dealkylation sites (N-methyl/N-ethyl adjacent to an activating group) is 1. The van der Waals surface area contributed by atoms with E-state index >= 15 is 0 Å². The molecule has 154 valence electrons. The number of nitrogens with one attached hydrogen (secondary N) is 1. The van der Waals surface area contributed by atoms with Crippen molar-refractivity contribution in [3.8, 4) is 0 Å². The molecule has 0 spiro atoms. The van der Waals surface area contributed by atoms with Crippen LogP contribution in [-0.2, 0) is 9.53 Å². The minimum absolute atomic E-state index is 0.0400. The molecule has 2 saturated heterocycles. The number of hydrogen-bond donors (Lipinski definition) is 1. The van der Waals surface area contributed by atoms with E-state index in [9.17, 15) is 9.18 Å². The number of aromatic nitrogens is 2. The summed E-state index contributed by atoms with van der Waals surface area (Å²) in [5.74, 6) is 1.24. The van der Waals surface area contributed by atoms with E-state index in [0.717, 1.165) is 32.1 Å². The summed E-state index contributed by atoms with van der Waals surface area (Å²) in [5.41, 5.74) is 0. The lowest BCUT2D eigenvalue weighted by Crippen LogP contribution is -2.53. The van der Waals surface area contributed by atoms with Crippen molar-refractivity contribution < 1.29 is 13.9 Å². The van der Waals surface area contributed by atoms with Gasteiger partial charge in [0.25, 0.3) is 0 Å². The van der Waals surface area contributed by atoms with Crippen molar-refractivity contribution in [2.24, 2.45) is 10.9 Å². The molecule has 1 atom stereocenters. The normalized spacial score (nSPS) is 20.4. The number of nitrogens with zero attached hydrogens (tertiary/aromatic N) is 6. The van der Waals surface area contributed by atoms with Crippen molar-refractivity contribution in [2.75, 3.05) is 71.5 Å². The number of amides is 1. The Labute approximate surface area is 164 Å². The maximum Gasteiger partial charge on any atom is 0.243 e. The van der Waals surface area contributed by atoms with Crippen LogP contribution in [0.15, 0.2) is 17.4 Å². The SMILES string of the molecule is CN(C)C(=O)CN=C(NCC1CCOC1)N1CCN(c2ncc(F)cn2)CC1. The van der Waals surface area contributed by atoms with Crippen LogP contribution in [0.3, 0.4) is 0 Å². The van der Waals surface area contributed by atoms with Gasteiger partial charge < -0.3 is 24.8 Å². The molecule has 0 saturated carbocycles. The number of ether oxygens (including phenoxy) is 1. The molecule has 3 rings (SSSR count). The van der Waals surface area contributed by atoms with Crippen LogP contribution in [0.1, 0.15) is 6.42 Å². The summed E-state index contributed by atoms with van der Waals surface area (Å²) in [4.78, 5) is 30.3. The van der Waals surface area contributed by atoms with Crippen LogP contribution >= 0.6 is 0 Å². The molecule has 1 amide bonds. The molecule has 1 aromatic rings. The third kappa shape index (κ3) is 5.51. The van der Waals surface area contributed by atoms with Crippen molar-refractivity contribution >= 4 is 17.8 Å². The van der Waals surface area contributed by atoms with Gasteiger partial charge in [-0.25, -0.2) is 19.4 Å².